The number of benzene rings is 1. The minimum absolute atomic E-state index is 0.139. The summed E-state index contributed by atoms with van der Waals surface area (Å²) in [5, 5.41) is 3.14. The van der Waals surface area contributed by atoms with Crippen molar-refractivity contribution in [2.24, 2.45) is 0 Å². The van der Waals surface area contributed by atoms with Crippen LogP contribution in [0.4, 0.5) is 0 Å². The molecule has 0 heterocycles. The maximum atomic E-state index is 11.4. The molecule has 0 atom stereocenters. The fourth-order valence-corrected chi connectivity index (χ4v) is 1.69. The summed E-state index contributed by atoms with van der Waals surface area (Å²) in [7, 11) is 0. The number of nitrogens with one attached hydrogen (secondary N) is 1. The van der Waals surface area contributed by atoms with Gasteiger partial charge in [0.15, 0.2) is 0 Å². The Hall–Kier alpha value is -0.540. The zero-order valence-electron chi connectivity index (χ0n) is 7.10. The van der Waals surface area contributed by atoms with E-state index in [2.05, 4.69) is 21.2 Å². The number of carbonyl (C=O) groups excluding carboxylic acids is 1. The maximum Gasteiger partial charge on any atom is 0.252 e. The van der Waals surface area contributed by atoms with E-state index in [1.165, 1.54) is 0 Å². The summed E-state index contributed by atoms with van der Waals surface area (Å²) in [6.07, 6.45) is 0. The van der Waals surface area contributed by atoms with Crippen molar-refractivity contribution < 1.29 is 4.79 Å². The largest absolute Gasteiger partial charge is 0.352 e. The van der Waals surface area contributed by atoms with E-state index < -0.39 is 0 Å². The van der Waals surface area contributed by atoms with Crippen LogP contribution in [0, 0.1) is 0 Å². The molecule has 0 fully saturated rings. The SMILES string of the molecule is CCNC(=O)c1ccc(Br)cc1Cl. The van der Waals surface area contributed by atoms with Gasteiger partial charge < -0.3 is 5.32 Å². The van der Waals surface area contributed by atoms with E-state index in [0.29, 0.717) is 17.1 Å². The molecular weight excluding hydrogens is 253 g/mol. The van der Waals surface area contributed by atoms with Crippen LogP contribution in [0.3, 0.4) is 0 Å². The monoisotopic (exact) mass is 261 g/mol. The first kappa shape index (κ1) is 10.5. The predicted molar refractivity (Wildman–Crippen MR) is 57.2 cm³/mol. The second-order valence-corrected chi connectivity index (χ2v) is 3.81. The van der Waals surface area contributed by atoms with Crippen LogP contribution in [0.15, 0.2) is 22.7 Å². The molecule has 1 amide bonds. The molecule has 0 aliphatic carbocycles. The number of carbonyl (C=O) groups is 1. The highest BCUT2D eigenvalue weighted by molar-refractivity contribution is 9.10. The van der Waals surface area contributed by atoms with Crippen LogP contribution in [-0.2, 0) is 0 Å². The van der Waals surface area contributed by atoms with Gasteiger partial charge in [-0.25, -0.2) is 0 Å². The summed E-state index contributed by atoms with van der Waals surface area (Å²) < 4.78 is 0.866. The van der Waals surface area contributed by atoms with Crippen LogP contribution in [0.2, 0.25) is 5.02 Å². The van der Waals surface area contributed by atoms with Crippen LogP contribution >= 0.6 is 27.5 Å². The molecule has 0 saturated carbocycles. The molecule has 0 bridgehead atoms. The highest BCUT2D eigenvalue weighted by atomic mass is 79.9. The normalized spacial score (nSPS) is 9.77. The van der Waals surface area contributed by atoms with Crippen molar-refractivity contribution >= 4 is 33.4 Å². The summed E-state index contributed by atoms with van der Waals surface area (Å²) in [5.41, 5.74) is 0.506. The lowest BCUT2D eigenvalue weighted by Crippen LogP contribution is -2.22. The first-order valence-corrected chi connectivity index (χ1v) is 5.05. The first-order valence-electron chi connectivity index (χ1n) is 3.88. The molecule has 0 aromatic heterocycles. The van der Waals surface area contributed by atoms with E-state index in [1.54, 1.807) is 18.2 Å². The molecule has 2 nitrogen and oxygen atoms in total. The van der Waals surface area contributed by atoms with Crippen molar-refractivity contribution in [2.45, 2.75) is 6.92 Å². The topological polar surface area (TPSA) is 29.1 Å². The molecule has 1 aromatic carbocycles. The van der Waals surface area contributed by atoms with E-state index in [9.17, 15) is 4.79 Å². The molecule has 1 aromatic rings. The molecule has 0 radical (unpaired) electrons. The Labute approximate surface area is 90.4 Å². The molecule has 0 spiro atoms. The zero-order chi connectivity index (χ0) is 9.84. The standard InChI is InChI=1S/C9H9BrClNO/c1-2-12-9(13)7-4-3-6(10)5-8(7)11/h3-5H,2H2,1H3,(H,12,13). The third-order valence-corrected chi connectivity index (χ3v) is 2.32. The molecule has 4 heteroatoms. The molecule has 13 heavy (non-hydrogen) atoms. The minimum atomic E-state index is -0.139. The number of rotatable bonds is 2. The molecule has 1 rings (SSSR count). The first-order chi connectivity index (χ1) is 6.15. The van der Waals surface area contributed by atoms with E-state index in [-0.39, 0.29) is 5.91 Å². The Balaban J connectivity index is 2.95. The maximum absolute atomic E-state index is 11.4. The quantitative estimate of drug-likeness (QED) is 0.872. The number of halogens is 2. The van der Waals surface area contributed by atoms with Crippen LogP contribution in [0.1, 0.15) is 17.3 Å². The molecular formula is C9H9BrClNO. The highest BCUT2D eigenvalue weighted by Crippen LogP contribution is 2.20. The lowest BCUT2D eigenvalue weighted by molar-refractivity contribution is 0.0956. The van der Waals surface area contributed by atoms with Gasteiger partial charge in [-0.05, 0) is 25.1 Å². The van der Waals surface area contributed by atoms with Gasteiger partial charge in [-0.3, -0.25) is 4.79 Å². The highest BCUT2D eigenvalue weighted by Gasteiger charge is 2.08. The minimum Gasteiger partial charge on any atom is -0.352 e. The fraction of sp³-hybridized carbons (Fsp3) is 0.222. The molecule has 0 aliphatic rings. The lowest BCUT2D eigenvalue weighted by atomic mass is 10.2. The van der Waals surface area contributed by atoms with Crippen LogP contribution < -0.4 is 5.32 Å². The molecule has 0 aliphatic heterocycles. The van der Waals surface area contributed by atoms with Crippen LogP contribution in [-0.4, -0.2) is 12.5 Å². The summed E-state index contributed by atoms with van der Waals surface area (Å²) in [4.78, 5) is 11.4. The summed E-state index contributed by atoms with van der Waals surface area (Å²) in [6, 6.07) is 5.18. The Morgan fingerprint density at radius 3 is 2.85 bits per heavy atom. The Kier molecular flexibility index (Phi) is 3.75. The van der Waals surface area contributed by atoms with Gasteiger partial charge in [0, 0.05) is 11.0 Å². The molecule has 0 unspecified atom stereocenters. The second kappa shape index (κ2) is 4.63. The summed E-state index contributed by atoms with van der Waals surface area (Å²) in [5.74, 6) is -0.139. The van der Waals surface area contributed by atoms with Gasteiger partial charge in [-0.2, -0.15) is 0 Å². The third kappa shape index (κ3) is 2.71. The van der Waals surface area contributed by atoms with E-state index in [4.69, 9.17) is 11.6 Å². The second-order valence-electron chi connectivity index (χ2n) is 2.48. The Morgan fingerprint density at radius 2 is 2.31 bits per heavy atom. The Morgan fingerprint density at radius 1 is 1.62 bits per heavy atom. The van der Waals surface area contributed by atoms with Crippen molar-refractivity contribution in [3.63, 3.8) is 0 Å². The van der Waals surface area contributed by atoms with Crippen molar-refractivity contribution in [2.75, 3.05) is 6.54 Å². The van der Waals surface area contributed by atoms with E-state index >= 15 is 0 Å². The number of amides is 1. The number of hydrogen-bond donors (Lipinski definition) is 1. The average Bonchev–Trinajstić information content (AvgIpc) is 2.04. The zero-order valence-corrected chi connectivity index (χ0v) is 9.45. The van der Waals surface area contributed by atoms with Gasteiger partial charge in [0.05, 0.1) is 10.6 Å². The average molecular weight is 263 g/mol. The summed E-state index contributed by atoms with van der Waals surface area (Å²) >= 11 is 9.14. The molecule has 70 valence electrons. The van der Waals surface area contributed by atoms with Crippen molar-refractivity contribution in [3.8, 4) is 0 Å². The smallest absolute Gasteiger partial charge is 0.252 e. The predicted octanol–water partition coefficient (Wildman–Crippen LogP) is 2.85. The molecule has 1 N–H and O–H groups in total. The van der Waals surface area contributed by atoms with E-state index in [0.717, 1.165) is 4.47 Å². The van der Waals surface area contributed by atoms with Gasteiger partial charge >= 0.3 is 0 Å². The molecule has 0 saturated heterocycles. The fourth-order valence-electron chi connectivity index (χ4n) is 0.929. The van der Waals surface area contributed by atoms with Gasteiger partial charge in [0.1, 0.15) is 0 Å². The van der Waals surface area contributed by atoms with Gasteiger partial charge in [-0.15, -0.1) is 0 Å². The van der Waals surface area contributed by atoms with Gasteiger partial charge in [-0.1, -0.05) is 27.5 Å². The van der Waals surface area contributed by atoms with Crippen LogP contribution in [0.5, 0.6) is 0 Å². The Bertz CT molecular complexity index is 327. The van der Waals surface area contributed by atoms with Gasteiger partial charge in [0.25, 0.3) is 5.91 Å². The number of hydrogen-bond acceptors (Lipinski definition) is 1. The lowest BCUT2D eigenvalue weighted by Gasteiger charge is -2.04. The van der Waals surface area contributed by atoms with Crippen molar-refractivity contribution in [3.05, 3.63) is 33.3 Å². The van der Waals surface area contributed by atoms with Crippen molar-refractivity contribution in [1.29, 1.82) is 0 Å². The van der Waals surface area contributed by atoms with Crippen LogP contribution in [0.25, 0.3) is 0 Å². The van der Waals surface area contributed by atoms with E-state index in [1.807, 2.05) is 6.92 Å². The van der Waals surface area contributed by atoms with Crippen molar-refractivity contribution in [1.82, 2.24) is 5.32 Å². The van der Waals surface area contributed by atoms with Gasteiger partial charge in [0.2, 0.25) is 0 Å². The third-order valence-electron chi connectivity index (χ3n) is 1.51. The summed E-state index contributed by atoms with van der Waals surface area (Å²) in [6.45, 7) is 2.47.